The predicted octanol–water partition coefficient (Wildman–Crippen LogP) is 0.832. The summed E-state index contributed by atoms with van der Waals surface area (Å²) >= 11 is 0. The lowest BCUT2D eigenvalue weighted by molar-refractivity contribution is 0.0945. The number of anilines is 4. The first-order valence-corrected chi connectivity index (χ1v) is 8.78. The Balaban J connectivity index is 1.53. The molecule has 0 fully saturated rings. The topological polar surface area (TPSA) is 120 Å². The molecule has 0 saturated carbocycles. The van der Waals surface area contributed by atoms with Crippen LogP contribution in [0.15, 0.2) is 42.9 Å². The maximum absolute atomic E-state index is 12.0. The van der Waals surface area contributed by atoms with Crippen molar-refractivity contribution in [1.82, 2.24) is 30.5 Å². The Kier molecular flexibility index (Phi) is 4.87. The Hall–Kier alpha value is -3.50. The summed E-state index contributed by atoms with van der Waals surface area (Å²) in [6.07, 6.45) is 5.32. The Bertz CT molecular complexity index is 986. The van der Waals surface area contributed by atoms with Crippen molar-refractivity contribution < 1.29 is 9.90 Å². The quantitative estimate of drug-likeness (QED) is 0.496. The highest BCUT2D eigenvalue weighted by atomic mass is 16.3. The summed E-state index contributed by atoms with van der Waals surface area (Å²) in [6, 6.07) is 7.15. The summed E-state index contributed by atoms with van der Waals surface area (Å²) < 4.78 is 1.70. The second-order valence-electron chi connectivity index (χ2n) is 6.27. The summed E-state index contributed by atoms with van der Waals surface area (Å²) in [5, 5.41) is 20.6. The van der Waals surface area contributed by atoms with Crippen LogP contribution in [0.2, 0.25) is 0 Å². The first kappa shape index (κ1) is 17.9. The molecule has 0 spiro atoms. The van der Waals surface area contributed by atoms with Crippen LogP contribution in [0.3, 0.4) is 0 Å². The smallest absolute Gasteiger partial charge is 0.251 e. The van der Waals surface area contributed by atoms with E-state index in [2.05, 4.69) is 31.1 Å². The van der Waals surface area contributed by atoms with Gasteiger partial charge in [-0.15, -0.1) is 0 Å². The standard InChI is InChI=1S/C18H20N8O2/c1-25-11-14(10-21-25)23-18-20-8-13-9-22-26(16(13)24-18)15-4-2-12(3-5-15)17(28)19-6-7-27/h2-5,8,10-11,22,27H,6-7,9H2,1H3,(H,19,28)(H,20,23,24). The minimum absolute atomic E-state index is 0.0899. The van der Waals surface area contributed by atoms with Gasteiger partial charge in [-0.1, -0.05) is 0 Å². The molecule has 144 valence electrons. The van der Waals surface area contributed by atoms with Crippen molar-refractivity contribution in [3.63, 3.8) is 0 Å². The highest BCUT2D eigenvalue weighted by Crippen LogP contribution is 2.30. The molecule has 0 aliphatic carbocycles. The van der Waals surface area contributed by atoms with Gasteiger partial charge in [-0.2, -0.15) is 10.1 Å². The molecular formula is C18H20N8O2. The number of aliphatic hydroxyl groups excluding tert-OH is 1. The van der Waals surface area contributed by atoms with E-state index < -0.39 is 0 Å². The van der Waals surface area contributed by atoms with Crippen LogP contribution in [0.5, 0.6) is 0 Å². The van der Waals surface area contributed by atoms with Crippen LogP contribution in [0.25, 0.3) is 0 Å². The normalized spacial score (nSPS) is 12.7. The van der Waals surface area contributed by atoms with Gasteiger partial charge in [0.2, 0.25) is 5.95 Å². The van der Waals surface area contributed by atoms with Crippen LogP contribution < -0.4 is 21.1 Å². The van der Waals surface area contributed by atoms with Crippen molar-refractivity contribution in [1.29, 1.82) is 0 Å². The number of carbonyl (C=O) groups is 1. The van der Waals surface area contributed by atoms with Crippen molar-refractivity contribution in [2.45, 2.75) is 6.54 Å². The number of aromatic nitrogens is 4. The molecule has 0 atom stereocenters. The number of hydrogen-bond donors (Lipinski definition) is 4. The average molecular weight is 380 g/mol. The molecule has 1 aliphatic heterocycles. The Morgan fingerprint density at radius 3 is 2.82 bits per heavy atom. The highest BCUT2D eigenvalue weighted by Gasteiger charge is 2.23. The van der Waals surface area contributed by atoms with E-state index in [0.29, 0.717) is 18.1 Å². The van der Waals surface area contributed by atoms with E-state index in [1.165, 1.54) is 0 Å². The van der Waals surface area contributed by atoms with Crippen LogP contribution in [0, 0.1) is 0 Å². The molecular weight excluding hydrogens is 360 g/mol. The molecule has 10 heteroatoms. The summed E-state index contributed by atoms with van der Waals surface area (Å²) in [5.74, 6) is 1.000. The zero-order chi connectivity index (χ0) is 19.5. The van der Waals surface area contributed by atoms with Crippen LogP contribution in [0.1, 0.15) is 15.9 Å². The van der Waals surface area contributed by atoms with Gasteiger partial charge in [0.1, 0.15) is 0 Å². The molecule has 4 rings (SSSR count). The van der Waals surface area contributed by atoms with Gasteiger partial charge in [-0.3, -0.25) is 14.5 Å². The number of aryl methyl sites for hydroxylation is 1. The van der Waals surface area contributed by atoms with Crippen molar-refractivity contribution in [3.05, 3.63) is 54.0 Å². The molecule has 0 unspecified atom stereocenters. The largest absolute Gasteiger partial charge is 0.395 e. The van der Waals surface area contributed by atoms with Crippen molar-refractivity contribution in [3.8, 4) is 0 Å². The number of carbonyl (C=O) groups excluding carboxylic acids is 1. The Morgan fingerprint density at radius 1 is 1.29 bits per heavy atom. The molecule has 1 aliphatic rings. The third kappa shape index (κ3) is 3.63. The lowest BCUT2D eigenvalue weighted by Crippen LogP contribution is -2.28. The van der Waals surface area contributed by atoms with Gasteiger partial charge in [0, 0.05) is 43.7 Å². The van der Waals surface area contributed by atoms with E-state index in [-0.39, 0.29) is 19.1 Å². The number of benzene rings is 1. The zero-order valence-electron chi connectivity index (χ0n) is 15.3. The second kappa shape index (κ2) is 7.62. The predicted molar refractivity (Wildman–Crippen MR) is 103 cm³/mol. The van der Waals surface area contributed by atoms with E-state index in [1.54, 1.807) is 29.2 Å². The molecule has 0 radical (unpaired) electrons. The number of hydrazine groups is 1. The number of aliphatic hydroxyl groups is 1. The average Bonchev–Trinajstić information content (AvgIpc) is 3.32. The second-order valence-corrected chi connectivity index (χ2v) is 6.27. The summed E-state index contributed by atoms with van der Waals surface area (Å²) in [5.41, 5.74) is 6.42. The summed E-state index contributed by atoms with van der Waals surface area (Å²) in [6.45, 7) is 0.750. The summed E-state index contributed by atoms with van der Waals surface area (Å²) in [7, 11) is 1.84. The zero-order valence-corrected chi connectivity index (χ0v) is 15.3. The third-order valence-electron chi connectivity index (χ3n) is 4.23. The van der Waals surface area contributed by atoms with Crippen LogP contribution in [-0.4, -0.2) is 43.9 Å². The molecule has 3 aromatic rings. The molecule has 4 N–H and O–H groups in total. The van der Waals surface area contributed by atoms with Gasteiger partial charge < -0.3 is 15.7 Å². The number of nitrogens with one attached hydrogen (secondary N) is 3. The van der Waals surface area contributed by atoms with Gasteiger partial charge in [-0.25, -0.2) is 10.4 Å². The van der Waals surface area contributed by atoms with Gasteiger partial charge in [0.05, 0.1) is 24.2 Å². The van der Waals surface area contributed by atoms with E-state index in [1.807, 2.05) is 30.4 Å². The molecule has 1 amide bonds. The van der Waals surface area contributed by atoms with Crippen LogP contribution in [0.4, 0.5) is 23.1 Å². The molecule has 3 heterocycles. The lowest BCUT2D eigenvalue weighted by atomic mass is 10.2. The SMILES string of the molecule is Cn1cc(Nc2ncc3c(n2)N(c2ccc(C(=O)NCCO)cc2)NC3)cn1. The van der Waals surface area contributed by atoms with E-state index >= 15 is 0 Å². The first-order chi connectivity index (χ1) is 13.6. The fraction of sp³-hybridized carbons (Fsp3) is 0.222. The van der Waals surface area contributed by atoms with Crippen molar-refractivity contribution in [2.75, 3.05) is 23.5 Å². The van der Waals surface area contributed by atoms with Crippen LogP contribution in [-0.2, 0) is 13.6 Å². The van der Waals surface area contributed by atoms with Gasteiger partial charge >= 0.3 is 0 Å². The Labute approximate surface area is 161 Å². The first-order valence-electron chi connectivity index (χ1n) is 8.78. The maximum Gasteiger partial charge on any atom is 0.251 e. The summed E-state index contributed by atoms with van der Waals surface area (Å²) in [4.78, 5) is 20.9. The van der Waals surface area contributed by atoms with E-state index in [0.717, 1.165) is 22.8 Å². The number of hydrogen-bond acceptors (Lipinski definition) is 8. The molecule has 1 aromatic carbocycles. The minimum Gasteiger partial charge on any atom is -0.395 e. The Morgan fingerprint density at radius 2 is 2.11 bits per heavy atom. The molecule has 28 heavy (non-hydrogen) atoms. The van der Waals surface area contributed by atoms with Crippen LogP contribution >= 0.6 is 0 Å². The van der Waals surface area contributed by atoms with Gasteiger partial charge in [-0.05, 0) is 24.3 Å². The number of amides is 1. The number of nitrogens with zero attached hydrogens (tertiary/aromatic N) is 5. The van der Waals surface area contributed by atoms with Gasteiger partial charge in [0.25, 0.3) is 5.91 Å². The molecule has 0 saturated heterocycles. The van der Waals surface area contributed by atoms with E-state index in [4.69, 9.17) is 5.11 Å². The van der Waals surface area contributed by atoms with Gasteiger partial charge in [0.15, 0.2) is 5.82 Å². The molecule has 10 nitrogen and oxygen atoms in total. The fourth-order valence-corrected chi connectivity index (χ4v) is 2.88. The van der Waals surface area contributed by atoms with E-state index in [9.17, 15) is 4.79 Å². The third-order valence-corrected chi connectivity index (χ3v) is 4.23. The fourth-order valence-electron chi connectivity index (χ4n) is 2.88. The minimum atomic E-state index is -0.222. The monoisotopic (exact) mass is 380 g/mol. The molecule has 0 bridgehead atoms. The maximum atomic E-state index is 12.0. The number of fused-ring (bicyclic) bond motifs is 1. The highest BCUT2D eigenvalue weighted by molar-refractivity contribution is 5.94. The molecule has 2 aromatic heterocycles. The van der Waals surface area contributed by atoms with Crippen molar-refractivity contribution in [2.24, 2.45) is 7.05 Å². The van der Waals surface area contributed by atoms with Crippen molar-refractivity contribution >= 4 is 29.0 Å². The lowest BCUT2D eigenvalue weighted by Gasteiger charge is -2.19. The number of rotatable bonds is 6.